The zero-order chi connectivity index (χ0) is 13.0. The number of hydrogen-bond acceptors (Lipinski definition) is 3. The maximum atomic E-state index is 13.6. The second-order valence-corrected chi connectivity index (χ2v) is 5.66. The molecule has 0 spiro atoms. The van der Waals surface area contributed by atoms with Crippen molar-refractivity contribution in [2.75, 3.05) is 11.5 Å². The maximum Gasteiger partial charge on any atom is 0.248 e. The van der Waals surface area contributed by atoms with E-state index in [4.69, 9.17) is 5.73 Å². The van der Waals surface area contributed by atoms with Gasteiger partial charge in [0.1, 0.15) is 5.82 Å². The number of hydrogen-bond donors (Lipinski definition) is 2. The summed E-state index contributed by atoms with van der Waals surface area (Å²) in [5, 5.41) is 3.34. The molecular weight excluding hydrogens is 251 g/mol. The van der Waals surface area contributed by atoms with Crippen LogP contribution in [0.15, 0.2) is 18.2 Å². The van der Waals surface area contributed by atoms with Gasteiger partial charge in [-0.1, -0.05) is 0 Å². The average molecular weight is 268 g/mol. The number of nitrogens with two attached hydrogens (primary N) is 1. The second kappa shape index (κ2) is 6.20. The lowest BCUT2D eigenvalue weighted by atomic mass is 10.1. The molecule has 0 aliphatic carbocycles. The highest BCUT2D eigenvalue weighted by atomic mass is 32.2. The first-order valence-corrected chi connectivity index (χ1v) is 7.21. The summed E-state index contributed by atoms with van der Waals surface area (Å²) in [5.74, 6) is 1.49. The van der Waals surface area contributed by atoms with Crippen molar-refractivity contribution in [3.63, 3.8) is 0 Å². The molecule has 0 bridgehead atoms. The van der Waals surface area contributed by atoms with Gasteiger partial charge in [-0.05, 0) is 42.5 Å². The molecule has 1 aromatic carbocycles. The Morgan fingerprint density at radius 2 is 2.17 bits per heavy atom. The fourth-order valence-electron chi connectivity index (χ4n) is 2.02. The molecule has 18 heavy (non-hydrogen) atoms. The molecule has 1 aliphatic heterocycles. The van der Waals surface area contributed by atoms with E-state index in [-0.39, 0.29) is 5.82 Å². The minimum absolute atomic E-state index is 0.294. The summed E-state index contributed by atoms with van der Waals surface area (Å²) >= 11 is 1.95. The summed E-state index contributed by atoms with van der Waals surface area (Å²) in [4.78, 5) is 11.0. The zero-order valence-electron chi connectivity index (χ0n) is 10.1. The van der Waals surface area contributed by atoms with Gasteiger partial charge in [0.05, 0.1) is 0 Å². The molecule has 0 radical (unpaired) electrons. The lowest BCUT2D eigenvalue weighted by molar-refractivity contribution is 0.1000. The lowest BCUT2D eigenvalue weighted by Crippen LogP contribution is -2.32. The molecule has 0 unspecified atom stereocenters. The summed E-state index contributed by atoms with van der Waals surface area (Å²) in [5.41, 5.74) is 6.05. The highest BCUT2D eigenvalue weighted by Crippen LogP contribution is 2.18. The third kappa shape index (κ3) is 3.46. The minimum Gasteiger partial charge on any atom is -0.366 e. The molecule has 1 saturated heterocycles. The number of thioether (sulfide) groups is 1. The van der Waals surface area contributed by atoms with Gasteiger partial charge in [-0.2, -0.15) is 11.8 Å². The number of carbonyl (C=O) groups is 1. The average Bonchev–Trinajstić information content (AvgIpc) is 2.38. The Kier molecular flexibility index (Phi) is 4.60. The van der Waals surface area contributed by atoms with Crippen molar-refractivity contribution in [3.8, 4) is 0 Å². The first-order chi connectivity index (χ1) is 8.66. The molecule has 0 aromatic heterocycles. The van der Waals surface area contributed by atoms with Gasteiger partial charge in [-0.25, -0.2) is 4.39 Å². The molecule has 0 atom stereocenters. The van der Waals surface area contributed by atoms with Crippen LogP contribution < -0.4 is 11.1 Å². The third-order valence-electron chi connectivity index (χ3n) is 3.13. The van der Waals surface area contributed by atoms with E-state index in [1.54, 1.807) is 0 Å². The van der Waals surface area contributed by atoms with Crippen LogP contribution in [0.5, 0.6) is 0 Å². The van der Waals surface area contributed by atoms with E-state index in [2.05, 4.69) is 5.32 Å². The van der Waals surface area contributed by atoms with Crippen LogP contribution in [0.2, 0.25) is 0 Å². The predicted octanol–water partition coefficient (Wildman–Crippen LogP) is 1.91. The summed E-state index contributed by atoms with van der Waals surface area (Å²) in [6.07, 6.45) is 2.23. The van der Waals surface area contributed by atoms with E-state index >= 15 is 0 Å². The number of amides is 1. The van der Waals surface area contributed by atoms with Crippen LogP contribution in [-0.4, -0.2) is 23.5 Å². The fourth-order valence-corrected chi connectivity index (χ4v) is 3.13. The van der Waals surface area contributed by atoms with E-state index in [0.29, 0.717) is 23.7 Å². The number of benzene rings is 1. The summed E-state index contributed by atoms with van der Waals surface area (Å²) in [7, 11) is 0. The van der Waals surface area contributed by atoms with Crippen molar-refractivity contribution >= 4 is 17.7 Å². The smallest absolute Gasteiger partial charge is 0.248 e. The molecule has 1 heterocycles. The Labute approximate surface area is 110 Å². The van der Waals surface area contributed by atoms with Gasteiger partial charge in [0, 0.05) is 23.7 Å². The third-order valence-corrected chi connectivity index (χ3v) is 4.18. The van der Waals surface area contributed by atoms with Gasteiger partial charge in [0.25, 0.3) is 0 Å². The Bertz CT molecular complexity index is 433. The van der Waals surface area contributed by atoms with Gasteiger partial charge < -0.3 is 11.1 Å². The Morgan fingerprint density at radius 1 is 1.44 bits per heavy atom. The fraction of sp³-hybridized carbons (Fsp3) is 0.462. The van der Waals surface area contributed by atoms with Gasteiger partial charge >= 0.3 is 0 Å². The molecular formula is C13H17FN2OS. The minimum atomic E-state index is -0.523. The first kappa shape index (κ1) is 13.4. The van der Waals surface area contributed by atoms with Crippen molar-refractivity contribution in [3.05, 3.63) is 35.1 Å². The summed E-state index contributed by atoms with van der Waals surface area (Å²) < 4.78 is 13.6. The van der Waals surface area contributed by atoms with Crippen molar-refractivity contribution < 1.29 is 9.18 Å². The molecule has 3 nitrogen and oxygen atoms in total. The topological polar surface area (TPSA) is 55.1 Å². The SMILES string of the molecule is NC(=O)c1ccc(F)c(CNC2CCSCC2)c1. The highest BCUT2D eigenvalue weighted by molar-refractivity contribution is 7.99. The van der Waals surface area contributed by atoms with Crippen LogP contribution in [-0.2, 0) is 6.54 Å². The van der Waals surface area contributed by atoms with Crippen LogP contribution in [0.25, 0.3) is 0 Å². The second-order valence-electron chi connectivity index (χ2n) is 4.44. The van der Waals surface area contributed by atoms with Crippen LogP contribution in [0.4, 0.5) is 4.39 Å². The van der Waals surface area contributed by atoms with Gasteiger partial charge in [-0.15, -0.1) is 0 Å². The maximum absolute atomic E-state index is 13.6. The lowest BCUT2D eigenvalue weighted by Gasteiger charge is -2.22. The van der Waals surface area contributed by atoms with Crippen molar-refractivity contribution in [1.29, 1.82) is 0 Å². The van der Waals surface area contributed by atoms with E-state index in [9.17, 15) is 9.18 Å². The van der Waals surface area contributed by atoms with E-state index < -0.39 is 5.91 Å². The number of carbonyl (C=O) groups excluding carboxylic acids is 1. The molecule has 3 N–H and O–H groups in total. The molecule has 2 rings (SSSR count). The Morgan fingerprint density at radius 3 is 2.83 bits per heavy atom. The summed E-state index contributed by atoms with van der Waals surface area (Å²) in [6, 6.07) is 4.69. The normalized spacial score (nSPS) is 16.7. The molecule has 5 heteroatoms. The van der Waals surface area contributed by atoms with Crippen LogP contribution in [0.3, 0.4) is 0 Å². The first-order valence-electron chi connectivity index (χ1n) is 6.06. The van der Waals surface area contributed by atoms with E-state index in [1.807, 2.05) is 11.8 Å². The van der Waals surface area contributed by atoms with Crippen molar-refractivity contribution in [2.45, 2.75) is 25.4 Å². The largest absolute Gasteiger partial charge is 0.366 e. The van der Waals surface area contributed by atoms with Gasteiger partial charge in [-0.3, -0.25) is 4.79 Å². The van der Waals surface area contributed by atoms with Gasteiger partial charge in [0.15, 0.2) is 0 Å². The molecule has 0 saturated carbocycles. The Balaban J connectivity index is 1.99. The zero-order valence-corrected chi connectivity index (χ0v) is 10.9. The molecule has 1 amide bonds. The summed E-state index contributed by atoms with van der Waals surface area (Å²) in [6.45, 7) is 0.447. The molecule has 1 aliphatic rings. The van der Waals surface area contributed by atoms with Crippen LogP contribution >= 0.6 is 11.8 Å². The van der Waals surface area contributed by atoms with E-state index in [0.717, 1.165) is 24.3 Å². The standard InChI is InChI=1S/C13H17FN2OS/c14-12-2-1-9(13(15)17)7-10(12)8-16-11-3-5-18-6-4-11/h1-2,7,11,16H,3-6,8H2,(H2,15,17). The number of halogens is 1. The van der Waals surface area contributed by atoms with Crippen LogP contribution in [0, 0.1) is 5.82 Å². The molecule has 98 valence electrons. The van der Waals surface area contributed by atoms with Crippen molar-refractivity contribution in [2.24, 2.45) is 5.73 Å². The highest BCUT2D eigenvalue weighted by Gasteiger charge is 2.14. The van der Waals surface area contributed by atoms with Gasteiger partial charge in [0.2, 0.25) is 5.91 Å². The predicted molar refractivity (Wildman–Crippen MR) is 72.1 cm³/mol. The monoisotopic (exact) mass is 268 g/mol. The molecule has 1 aromatic rings. The number of nitrogens with one attached hydrogen (secondary N) is 1. The molecule has 1 fully saturated rings. The van der Waals surface area contributed by atoms with E-state index in [1.165, 1.54) is 18.2 Å². The quantitative estimate of drug-likeness (QED) is 0.877. The van der Waals surface area contributed by atoms with Crippen LogP contribution in [0.1, 0.15) is 28.8 Å². The Hall–Kier alpha value is -1.07. The number of rotatable bonds is 4. The van der Waals surface area contributed by atoms with Crippen molar-refractivity contribution in [1.82, 2.24) is 5.32 Å². The number of primary amides is 1.